The van der Waals surface area contributed by atoms with Crippen molar-refractivity contribution in [2.75, 3.05) is 5.32 Å². The van der Waals surface area contributed by atoms with Gasteiger partial charge in [0.2, 0.25) is 0 Å². The normalized spacial score (nSPS) is 15.1. The highest BCUT2D eigenvalue weighted by atomic mass is 35.5. The molecule has 3 aromatic rings. The van der Waals surface area contributed by atoms with Gasteiger partial charge < -0.3 is 15.7 Å². The molecule has 0 bridgehead atoms. The number of carbonyl (C=O) groups excluding carboxylic acids is 2. The molecule has 3 N–H and O–H groups in total. The fourth-order valence-electron chi connectivity index (χ4n) is 4.31. The quantitative estimate of drug-likeness (QED) is 0.340. The van der Waals surface area contributed by atoms with Crippen LogP contribution in [0, 0.1) is 5.41 Å². The number of aliphatic carboxylic acids is 1. The average Bonchev–Trinajstić information content (AvgIpc) is 2.86. The number of carboxylic acids is 1. The summed E-state index contributed by atoms with van der Waals surface area (Å²) >= 11 is 12.1. The molecular formula is C28H25Cl2N3O4. The van der Waals surface area contributed by atoms with Crippen LogP contribution in [0.1, 0.15) is 35.3 Å². The first kappa shape index (κ1) is 26.4. The number of halogens is 2. The minimum atomic E-state index is -1.03. The van der Waals surface area contributed by atoms with Crippen LogP contribution in [0.25, 0.3) is 0 Å². The third-order valence-electron chi connectivity index (χ3n) is 6.34. The Bertz CT molecular complexity index is 1370. The first-order valence-corrected chi connectivity index (χ1v) is 12.3. The zero-order valence-electron chi connectivity index (χ0n) is 20.2. The smallest absolute Gasteiger partial charge is 0.326 e. The standard InChI is InChI=1S/C28H25Cl2N3O4/c1-28(2)24(19(25(28)34)12-16-6-4-3-5-7-16)33-22(27(36)37)13-17-8-10-18(11-9-17)32-26(35)23-20(29)14-31-15-21(23)30/h3-11,14-15,22,33H,12-13H2,1-2H3,(H,32,35)(H,36,37)/t22-/m0/s1. The van der Waals surface area contributed by atoms with E-state index in [4.69, 9.17) is 23.2 Å². The Hall–Kier alpha value is -3.68. The molecule has 0 unspecified atom stereocenters. The van der Waals surface area contributed by atoms with E-state index in [9.17, 15) is 19.5 Å². The lowest BCUT2D eigenvalue weighted by Gasteiger charge is -2.41. The zero-order chi connectivity index (χ0) is 26.7. The maximum Gasteiger partial charge on any atom is 0.326 e. The first-order valence-electron chi connectivity index (χ1n) is 11.6. The summed E-state index contributed by atoms with van der Waals surface area (Å²) in [6.07, 6.45) is 3.29. The number of hydrogen-bond acceptors (Lipinski definition) is 5. The monoisotopic (exact) mass is 537 g/mol. The number of anilines is 1. The number of carboxylic acid groups (broad SMARTS) is 1. The molecule has 1 atom stereocenters. The van der Waals surface area contributed by atoms with Gasteiger partial charge in [0.1, 0.15) is 6.04 Å². The Labute approximate surface area is 224 Å². The molecule has 1 heterocycles. The summed E-state index contributed by atoms with van der Waals surface area (Å²) in [7, 11) is 0. The number of amides is 1. The van der Waals surface area contributed by atoms with Crippen molar-refractivity contribution in [1.29, 1.82) is 0 Å². The second-order valence-electron chi connectivity index (χ2n) is 9.34. The highest BCUT2D eigenvalue weighted by Crippen LogP contribution is 2.42. The molecule has 0 radical (unpaired) electrons. The number of Topliss-reactive ketones (excluding diaryl/α,β-unsaturated/α-hetero) is 1. The molecule has 9 heteroatoms. The summed E-state index contributed by atoms with van der Waals surface area (Å²) in [6.45, 7) is 3.59. The van der Waals surface area contributed by atoms with E-state index in [1.54, 1.807) is 38.1 Å². The largest absolute Gasteiger partial charge is 0.480 e. The van der Waals surface area contributed by atoms with Crippen molar-refractivity contribution in [3.05, 3.63) is 105 Å². The van der Waals surface area contributed by atoms with E-state index in [1.165, 1.54) is 12.4 Å². The first-order chi connectivity index (χ1) is 17.6. The maximum atomic E-state index is 12.8. The molecule has 0 saturated heterocycles. The summed E-state index contributed by atoms with van der Waals surface area (Å²) in [4.78, 5) is 41.3. The van der Waals surface area contributed by atoms with Crippen LogP contribution >= 0.6 is 23.2 Å². The van der Waals surface area contributed by atoms with Gasteiger partial charge in [-0.05, 0) is 37.1 Å². The van der Waals surface area contributed by atoms with Crippen LogP contribution in [-0.2, 0) is 22.4 Å². The molecule has 0 saturated carbocycles. The molecule has 1 aliphatic rings. The van der Waals surface area contributed by atoms with E-state index in [-0.39, 0.29) is 27.8 Å². The van der Waals surface area contributed by atoms with Gasteiger partial charge in [0, 0.05) is 42.2 Å². The second-order valence-corrected chi connectivity index (χ2v) is 10.2. The third-order valence-corrected chi connectivity index (χ3v) is 6.91. The predicted octanol–water partition coefficient (Wildman–Crippen LogP) is 5.33. The Kier molecular flexibility index (Phi) is 7.66. The Morgan fingerprint density at radius 3 is 2.19 bits per heavy atom. The Morgan fingerprint density at radius 1 is 0.973 bits per heavy atom. The summed E-state index contributed by atoms with van der Waals surface area (Å²) in [5, 5.41) is 16.0. The van der Waals surface area contributed by atoms with E-state index in [0.717, 1.165) is 11.1 Å². The van der Waals surface area contributed by atoms with Gasteiger partial charge in [0.25, 0.3) is 5.91 Å². The number of rotatable bonds is 9. The summed E-state index contributed by atoms with van der Waals surface area (Å²) < 4.78 is 0. The van der Waals surface area contributed by atoms with E-state index < -0.39 is 23.3 Å². The average molecular weight is 538 g/mol. The van der Waals surface area contributed by atoms with Crippen LogP contribution in [-0.4, -0.2) is 33.8 Å². The number of hydrogen-bond donors (Lipinski definition) is 3. The molecule has 1 aliphatic carbocycles. The lowest BCUT2D eigenvalue weighted by molar-refractivity contribution is -0.139. The Balaban J connectivity index is 1.48. The Morgan fingerprint density at radius 2 is 1.59 bits per heavy atom. The summed E-state index contributed by atoms with van der Waals surface area (Å²) in [5.74, 6) is -1.50. The van der Waals surface area contributed by atoms with Crippen molar-refractivity contribution >= 4 is 46.5 Å². The highest BCUT2D eigenvalue weighted by molar-refractivity contribution is 6.40. The number of nitrogens with zero attached hydrogens (tertiary/aromatic N) is 1. The summed E-state index contributed by atoms with van der Waals surface area (Å²) in [6, 6.07) is 15.5. The lowest BCUT2D eigenvalue weighted by Crippen LogP contribution is -2.51. The topological polar surface area (TPSA) is 108 Å². The van der Waals surface area contributed by atoms with Gasteiger partial charge in [-0.2, -0.15) is 0 Å². The van der Waals surface area contributed by atoms with Crippen molar-refractivity contribution < 1.29 is 19.5 Å². The number of aromatic nitrogens is 1. The van der Waals surface area contributed by atoms with E-state index in [0.29, 0.717) is 23.4 Å². The van der Waals surface area contributed by atoms with Crippen LogP contribution < -0.4 is 10.6 Å². The fourth-order valence-corrected chi connectivity index (χ4v) is 4.85. The van der Waals surface area contributed by atoms with Crippen LogP contribution in [0.5, 0.6) is 0 Å². The van der Waals surface area contributed by atoms with Crippen molar-refractivity contribution in [2.45, 2.75) is 32.7 Å². The van der Waals surface area contributed by atoms with E-state index in [1.807, 2.05) is 30.3 Å². The van der Waals surface area contributed by atoms with Gasteiger partial charge in [-0.1, -0.05) is 65.7 Å². The number of pyridine rings is 1. The molecule has 0 fully saturated rings. The number of carbonyl (C=O) groups is 3. The zero-order valence-corrected chi connectivity index (χ0v) is 21.7. The highest BCUT2D eigenvalue weighted by Gasteiger charge is 2.47. The van der Waals surface area contributed by atoms with Gasteiger partial charge >= 0.3 is 5.97 Å². The minimum Gasteiger partial charge on any atom is -0.480 e. The molecule has 0 spiro atoms. The number of benzene rings is 2. The predicted molar refractivity (Wildman–Crippen MR) is 143 cm³/mol. The molecule has 2 aromatic carbocycles. The molecular weight excluding hydrogens is 513 g/mol. The molecule has 1 aromatic heterocycles. The molecule has 1 amide bonds. The molecule has 7 nitrogen and oxygen atoms in total. The number of nitrogens with one attached hydrogen (secondary N) is 2. The van der Waals surface area contributed by atoms with Crippen molar-refractivity contribution in [1.82, 2.24) is 10.3 Å². The van der Waals surface area contributed by atoms with Gasteiger partial charge in [-0.15, -0.1) is 0 Å². The van der Waals surface area contributed by atoms with Crippen LogP contribution in [0.3, 0.4) is 0 Å². The maximum absolute atomic E-state index is 12.8. The SMILES string of the molecule is CC1(C)C(=O)C(Cc2ccccc2)=C1N[C@@H](Cc1ccc(NC(=O)c2c(Cl)cncc2Cl)cc1)C(=O)O. The van der Waals surface area contributed by atoms with Gasteiger partial charge in [0.05, 0.1) is 21.0 Å². The number of allylic oxidation sites excluding steroid dienone is 2. The molecule has 37 heavy (non-hydrogen) atoms. The van der Waals surface area contributed by atoms with Gasteiger partial charge in [-0.3, -0.25) is 14.6 Å². The third kappa shape index (κ3) is 5.68. The number of ketones is 1. The van der Waals surface area contributed by atoms with Crippen molar-refractivity contribution in [2.24, 2.45) is 5.41 Å². The lowest BCUT2D eigenvalue weighted by atomic mass is 9.67. The van der Waals surface area contributed by atoms with Crippen molar-refractivity contribution in [3.63, 3.8) is 0 Å². The van der Waals surface area contributed by atoms with Gasteiger partial charge in [0.15, 0.2) is 5.78 Å². The second kappa shape index (κ2) is 10.7. The van der Waals surface area contributed by atoms with Gasteiger partial charge in [-0.25, -0.2) is 4.79 Å². The van der Waals surface area contributed by atoms with Crippen LogP contribution in [0.15, 0.2) is 78.3 Å². The van der Waals surface area contributed by atoms with Crippen LogP contribution in [0.4, 0.5) is 5.69 Å². The summed E-state index contributed by atoms with van der Waals surface area (Å²) in [5.41, 5.74) is 2.83. The molecule has 4 rings (SSSR count). The molecule has 0 aliphatic heterocycles. The van der Waals surface area contributed by atoms with E-state index >= 15 is 0 Å². The molecule has 190 valence electrons. The van der Waals surface area contributed by atoms with E-state index in [2.05, 4.69) is 15.6 Å². The fraction of sp³-hybridized carbons (Fsp3) is 0.214. The van der Waals surface area contributed by atoms with Crippen molar-refractivity contribution in [3.8, 4) is 0 Å². The van der Waals surface area contributed by atoms with Crippen LogP contribution in [0.2, 0.25) is 10.0 Å². The minimum absolute atomic E-state index is 0.0116.